The van der Waals surface area contributed by atoms with Gasteiger partial charge in [-0.15, -0.1) is 0 Å². The molecule has 20 heavy (non-hydrogen) atoms. The lowest BCUT2D eigenvalue weighted by Crippen LogP contribution is -2.38. The van der Waals surface area contributed by atoms with E-state index in [0.29, 0.717) is 6.04 Å². The van der Waals surface area contributed by atoms with E-state index in [4.69, 9.17) is 9.47 Å². The van der Waals surface area contributed by atoms with Gasteiger partial charge >= 0.3 is 0 Å². The molecule has 0 bridgehead atoms. The van der Waals surface area contributed by atoms with E-state index >= 15 is 0 Å². The molecule has 0 aliphatic rings. The van der Waals surface area contributed by atoms with Crippen LogP contribution < -0.4 is 5.32 Å². The highest BCUT2D eigenvalue weighted by atomic mass is 16.5. The van der Waals surface area contributed by atoms with Crippen LogP contribution in [0.2, 0.25) is 0 Å². The summed E-state index contributed by atoms with van der Waals surface area (Å²) in [5, 5.41) is 3.23. The SMILES string of the molecule is CNCc1ccccc1CN(CCOC)C(C)COC. The normalized spacial score (nSPS) is 12.8. The summed E-state index contributed by atoms with van der Waals surface area (Å²) >= 11 is 0. The number of methoxy groups -OCH3 is 2. The van der Waals surface area contributed by atoms with Gasteiger partial charge in [-0.25, -0.2) is 0 Å². The van der Waals surface area contributed by atoms with Crippen molar-refractivity contribution in [1.82, 2.24) is 10.2 Å². The summed E-state index contributed by atoms with van der Waals surface area (Å²) in [5.74, 6) is 0. The van der Waals surface area contributed by atoms with Gasteiger partial charge in [0.1, 0.15) is 0 Å². The van der Waals surface area contributed by atoms with Gasteiger partial charge in [-0.1, -0.05) is 24.3 Å². The second-order valence-electron chi connectivity index (χ2n) is 5.07. The van der Waals surface area contributed by atoms with Gasteiger partial charge in [0, 0.05) is 39.9 Å². The topological polar surface area (TPSA) is 33.7 Å². The Balaban J connectivity index is 2.77. The van der Waals surface area contributed by atoms with E-state index in [-0.39, 0.29) is 0 Å². The molecule has 4 nitrogen and oxygen atoms in total. The Morgan fingerprint density at radius 3 is 2.45 bits per heavy atom. The van der Waals surface area contributed by atoms with E-state index < -0.39 is 0 Å². The molecule has 1 unspecified atom stereocenters. The van der Waals surface area contributed by atoms with E-state index in [0.717, 1.165) is 32.8 Å². The van der Waals surface area contributed by atoms with Crippen molar-refractivity contribution < 1.29 is 9.47 Å². The van der Waals surface area contributed by atoms with Crippen molar-refractivity contribution in [3.05, 3.63) is 35.4 Å². The second-order valence-corrected chi connectivity index (χ2v) is 5.07. The standard InChI is InChI=1S/C16H28N2O2/c1-14(13-20-4)18(9-10-19-3)12-16-8-6-5-7-15(16)11-17-2/h5-8,14,17H,9-13H2,1-4H3. The van der Waals surface area contributed by atoms with Gasteiger partial charge in [0.05, 0.1) is 13.2 Å². The van der Waals surface area contributed by atoms with Crippen LogP contribution in [0.1, 0.15) is 18.1 Å². The molecule has 0 amide bonds. The highest BCUT2D eigenvalue weighted by molar-refractivity contribution is 5.27. The van der Waals surface area contributed by atoms with E-state index in [1.54, 1.807) is 14.2 Å². The first-order valence-electron chi connectivity index (χ1n) is 7.16. The first-order valence-corrected chi connectivity index (χ1v) is 7.16. The maximum absolute atomic E-state index is 5.29. The molecular weight excluding hydrogens is 252 g/mol. The fraction of sp³-hybridized carbons (Fsp3) is 0.625. The summed E-state index contributed by atoms with van der Waals surface area (Å²) in [6, 6.07) is 8.95. The van der Waals surface area contributed by atoms with Crippen LogP contribution in [0, 0.1) is 0 Å². The average molecular weight is 280 g/mol. The van der Waals surface area contributed by atoms with Crippen LogP contribution in [0.3, 0.4) is 0 Å². The molecule has 0 aromatic heterocycles. The van der Waals surface area contributed by atoms with Gasteiger partial charge in [0.2, 0.25) is 0 Å². The van der Waals surface area contributed by atoms with Gasteiger partial charge in [0.15, 0.2) is 0 Å². The zero-order valence-electron chi connectivity index (χ0n) is 13.2. The van der Waals surface area contributed by atoms with Crippen molar-refractivity contribution in [2.24, 2.45) is 0 Å². The molecule has 0 fully saturated rings. The molecule has 0 aliphatic carbocycles. The highest BCUT2D eigenvalue weighted by Gasteiger charge is 2.15. The van der Waals surface area contributed by atoms with Crippen LogP contribution in [0.15, 0.2) is 24.3 Å². The van der Waals surface area contributed by atoms with E-state index in [1.165, 1.54) is 11.1 Å². The Hall–Kier alpha value is -0.940. The maximum Gasteiger partial charge on any atom is 0.0615 e. The Labute approximate surface area is 123 Å². The summed E-state index contributed by atoms with van der Waals surface area (Å²) in [6.45, 7) is 6.40. The Morgan fingerprint density at radius 2 is 1.85 bits per heavy atom. The quantitative estimate of drug-likeness (QED) is 0.709. The number of hydrogen-bond donors (Lipinski definition) is 1. The molecule has 0 radical (unpaired) electrons. The molecule has 0 spiro atoms. The first-order chi connectivity index (χ1) is 9.72. The zero-order chi connectivity index (χ0) is 14.8. The summed E-state index contributed by atoms with van der Waals surface area (Å²) in [4.78, 5) is 2.40. The number of nitrogens with one attached hydrogen (secondary N) is 1. The van der Waals surface area contributed by atoms with Crippen molar-refractivity contribution in [1.29, 1.82) is 0 Å². The van der Waals surface area contributed by atoms with Crippen LogP contribution in [-0.2, 0) is 22.6 Å². The van der Waals surface area contributed by atoms with Crippen molar-refractivity contribution in [3.8, 4) is 0 Å². The van der Waals surface area contributed by atoms with Gasteiger partial charge in [0.25, 0.3) is 0 Å². The molecule has 0 saturated carbocycles. The molecule has 0 saturated heterocycles. The Morgan fingerprint density at radius 1 is 1.15 bits per heavy atom. The number of hydrogen-bond acceptors (Lipinski definition) is 4. The summed E-state index contributed by atoms with van der Waals surface area (Å²) < 4.78 is 10.5. The molecule has 1 rings (SSSR count). The highest BCUT2D eigenvalue weighted by Crippen LogP contribution is 2.14. The molecular formula is C16H28N2O2. The molecule has 0 heterocycles. The van der Waals surface area contributed by atoms with Crippen LogP contribution in [0.25, 0.3) is 0 Å². The zero-order valence-corrected chi connectivity index (χ0v) is 13.2. The number of benzene rings is 1. The Bertz CT molecular complexity index is 371. The van der Waals surface area contributed by atoms with Crippen LogP contribution in [0.5, 0.6) is 0 Å². The molecule has 114 valence electrons. The third-order valence-electron chi connectivity index (χ3n) is 3.47. The predicted octanol–water partition coefficient (Wildman–Crippen LogP) is 1.89. The smallest absolute Gasteiger partial charge is 0.0615 e. The number of rotatable bonds is 10. The molecule has 4 heteroatoms. The molecule has 1 N–H and O–H groups in total. The monoisotopic (exact) mass is 280 g/mol. The molecule has 0 aliphatic heterocycles. The van der Waals surface area contributed by atoms with Crippen LogP contribution in [0.4, 0.5) is 0 Å². The van der Waals surface area contributed by atoms with Gasteiger partial charge < -0.3 is 14.8 Å². The summed E-state index contributed by atoms with van der Waals surface area (Å²) in [6.07, 6.45) is 0. The fourth-order valence-electron chi connectivity index (χ4n) is 2.30. The van der Waals surface area contributed by atoms with Crippen molar-refractivity contribution in [2.45, 2.75) is 26.1 Å². The average Bonchev–Trinajstić information content (AvgIpc) is 2.45. The number of nitrogens with zero attached hydrogens (tertiary/aromatic N) is 1. The molecule has 1 atom stereocenters. The largest absolute Gasteiger partial charge is 0.383 e. The summed E-state index contributed by atoms with van der Waals surface area (Å²) in [5.41, 5.74) is 2.71. The van der Waals surface area contributed by atoms with Gasteiger partial charge in [-0.2, -0.15) is 0 Å². The lowest BCUT2D eigenvalue weighted by molar-refractivity contribution is 0.0703. The fourth-order valence-corrected chi connectivity index (χ4v) is 2.30. The lowest BCUT2D eigenvalue weighted by atomic mass is 10.1. The molecule has 1 aromatic rings. The van der Waals surface area contributed by atoms with E-state index in [9.17, 15) is 0 Å². The number of ether oxygens (including phenoxy) is 2. The van der Waals surface area contributed by atoms with Crippen molar-refractivity contribution in [3.63, 3.8) is 0 Å². The molecule has 1 aromatic carbocycles. The maximum atomic E-state index is 5.29. The Kier molecular flexibility index (Phi) is 8.46. The first kappa shape index (κ1) is 17.1. The minimum atomic E-state index is 0.373. The van der Waals surface area contributed by atoms with Gasteiger partial charge in [-0.05, 0) is 25.1 Å². The third-order valence-corrected chi connectivity index (χ3v) is 3.47. The lowest BCUT2D eigenvalue weighted by Gasteiger charge is -2.29. The minimum absolute atomic E-state index is 0.373. The summed E-state index contributed by atoms with van der Waals surface area (Å²) in [7, 11) is 5.47. The van der Waals surface area contributed by atoms with Crippen LogP contribution >= 0.6 is 0 Å². The second kappa shape index (κ2) is 9.88. The van der Waals surface area contributed by atoms with E-state index in [1.807, 2.05) is 7.05 Å². The van der Waals surface area contributed by atoms with Crippen LogP contribution in [-0.4, -0.2) is 52.0 Å². The van der Waals surface area contributed by atoms with Gasteiger partial charge in [-0.3, -0.25) is 4.90 Å². The van der Waals surface area contributed by atoms with Crippen molar-refractivity contribution in [2.75, 3.05) is 41.0 Å². The van der Waals surface area contributed by atoms with Crippen molar-refractivity contribution >= 4 is 0 Å². The third kappa shape index (κ3) is 5.59. The predicted molar refractivity (Wildman–Crippen MR) is 82.8 cm³/mol. The minimum Gasteiger partial charge on any atom is -0.383 e. The van der Waals surface area contributed by atoms with E-state index in [2.05, 4.69) is 41.4 Å².